The van der Waals surface area contributed by atoms with Gasteiger partial charge in [0.05, 0.1) is 6.61 Å². The van der Waals surface area contributed by atoms with Crippen molar-refractivity contribution >= 4 is 0 Å². The average Bonchev–Trinajstić information content (AvgIpc) is 2.39. The first-order valence-corrected chi connectivity index (χ1v) is 6.76. The Morgan fingerprint density at radius 2 is 1.83 bits per heavy atom. The van der Waals surface area contributed by atoms with Crippen LogP contribution in [-0.2, 0) is 0 Å². The van der Waals surface area contributed by atoms with Gasteiger partial charge < -0.3 is 10.4 Å². The first kappa shape index (κ1) is 15.2. The van der Waals surface area contributed by atoms with Crippen LogP contribution in [-0.4, -0.2) is 42.8 Å². The summed E-state index contributed by atoms with van der Waals surface area (Å²) in [5.74, 6) is 0. The molecule has 0 aliphatic carbocycles. The lowest BCUT2D eigenvalue weighted by Crippen LogP contribution is -2.36. The monoisotopic (exact) mass is 250 g/mol. The largest absolute Gasteiger partial charge is 0.395 e. The van der Waals surface area contributed by atoms with Crippen molar-refractivity contribution in [2.45, 2.75) is 32.4 Å². The number of hydrogen-bond donors (Lipinski definition) is 2. The topological polar surface area (TPSA) is 35.5 Å². The zero-order chi connectivity index (χ0) is 13.4. The van der Waals surface area contributed by atoms with Crippen LogP contribution in [0.4, 0.5) is 0 Å². The second kappa shape index (κ2) is 8.25. The van der Waals surface area contributed by atoms with Gasteiger partial charge in [0.15, 0.2) is 0 Å². The molecule has 2 N–H and O–H groups in total. The van der Waals surface area contributed by atoms with Crippen molar-refractivity contribution in [2.75, 3.05) is 26.7 Å². The van der Waals surface area contributed by atoms with E-state index in [0.29, 0.717) is 12.1 Å². The number of hydrogen-bond acceptors (Lipinski definition) is 3. The van der Waals surface area contributed by atoms with Gasteiger partial charge in [0, 0.05) is 25.2 Å². The van der Waals surface area contributed by atoms with E-state index in [4.69, 9.17) is 5.11 Å². The van der Waals surface area contributed by atoms with Crippen LogP contribution < -0.4 is 5.32 Å². The van der Waals surface area contributed by atoms with Crippen LogP contribution in [0.1, 0.15) is 31.9 Å². The maximum Gasteiger partial charge on any atom is 0.0558 e. The number of aliphatic hydroxyl groups excluding tert-OH is 1. The van der Waals surface area contributed by atoms with Crippen molar-refractivity contribution in [3.63, 3.8) is 0 Å². The first-order valence-electron chi connectivity index (χ1n) is 6.76. The van der Waals surface area contributed by atoms with E-state index >= 15 is 0 Å². The second-order valence-electron chi connectivity index (χ2n) is 4.89. The van der Waals surface area contributed by atoms with Gasteiger partial charge in [-0.2, -0.15) is 0 Å². The quantitative estimate of drug-likeness (QED) is 0.741. The third-order valence-corrected chi connectivity index (χ3v) is 3.37. The Kier molecular flexibility index (Phi) is 6.94. The highest BCUT2D eigenvalue weighted by Crippen LogP contribution is 2.16. The highest BCUT2D eigenvalue weighted by atomic mass is 16.3. The van der Waals surface area contributed by atoms with Crippen molar-refractivity contribution < 1.29 is 5.11 Å². The van der Waals surface area contributed by atoms with Crippen LogP contribution >= 0.6 is 0 Å². The number of benzene rings is 1. The molecule has 0 aliphatic rings. The zero-order valence-corrected chi connectivity index (χ0v) is 11.8. The van der Waals surface area contributed by atoms with Crippen LogP contribution in [0.3, 0.4) is 0 Å². The minimum Gasteiger partial charge on any atom is -0.395 e. The zero-order valence-electron chi connectivity index (χ0n) is 11.8. The maximum absolute atomic E-state index is 9.07. The third kappa shape index (κ3) is 4.77. The summed E-state index contributed by atoms with van der Waals surface area (Å²) < 4.78 is 0. The van der Waals surface area contributed by atoms with E-state index in [2.05, 4.69) is 48.3 Å². The highest BCUT2D eigenvalue weighted by molar-refractivity contribution is 5.18. The van der Waals surface area contributed by atoms with Crippen molar-refractivity contribution in [3.05, 3.63) is 35.9 Å². The van der Waals surface area contributed by atoms with Crippen molar-refractivity contribution in [1.82, 2.24) is 10.2 Å². The van der Waals surface area contributed by atoms with E-state index in [9.17, 15) is 0 Å². The molecule has 0 fully saturated rings. The molecule has 0 radical (unpaired) electrons. The van der Waals surface area contributed by atoms with Crippen LogP contribution in [0.5, 0.6) is 0 Å². The maximum atomic E-state index is 9.07. The van der Waals surface area contributed by atoms with Gasteiger partial charge in [-0.1, -0.05) is 30.3 Å². The fourth-order valence-electron chi connectivity index (χ4n) is 2.21. The number of nitrogens with zero attached hydrogens (tertiary/aromatic N) is 1. The van der Waals surface area contributed by atoms with E-state index in [1.165, 1.54) is 5.56 Å². The molecule has 0 heterocycles. The van der Waals surface area contributed by atoms with Gasteiger partial charge >= 0.3 is 0 Å². The lowest BCUT2D eigenvalue weighted by atomic mass is 10.0. The smallest absolute Gasteiger partial charge is 0.0558 e. The third-order valence-electron chi connectivity index (χ3n) is 3.37. The van der Waals surface area contributed by atoms with E-state index in [-0.39, 0.29) is 6.61 Å². The van der Waals surface area contributed by atoms with E-state index in [0.717, 1.165) is 19.5 Å². The fourth-order valence-corrected chi connectivity index (χ4v) is 2.21. The molecular formula is C15H26N2O. The molecule has 1 atom stereocenters. The molecule has 0 aliphatic heterocycles. The summed E-state index contributed by atoms with van der Waals surface area (Å²) in [6.07, 6.45) is 1.05. The predicted molar refractivity (Wildman–Crippen MR) is 76.7 cm³/mol. The molecule has 3 heteroatoms. The Morgan fingerprint density at radius 3 is 2.33 bits per heavy atom. The first-order chi connectivity index (χ1) is 8.69. The van der Waals surface area contributed by atoms with Gasteiger partial charge in [-0.25, -0.2) is 0 Å². The van der Waals surface area contributed by atoms with Crippen LogP contribution in [0.25, 0.3) is 0 Å². The lowest BCUT2D eigenvalue weighted by Gasteiger charge is -2.27. The van der Waals surface area contributed by atoms with Crippen LogP contribution in [0.15, 0.2) is 30.3 Å². The van der Waals surface area contributed by atoms with Crippen molar-refractivity contribution in [2.24, 2.45) is 0 Å². The molecule has 0 bridgehead atoms. The summed E-state index contributed by atoms with van der Waals surface area (Å²) in [5.41, 5.74) is 1.33. The molecule has 0 amide bonds. The fraction of sp³-hybridized carbons (Fsp3) is 0.600. The summed E-state index contributed by atoms with van der Waals surface area (Å²) in [7, 11) is 2.00. The minimum atomic E-state index is 0.230. The standard InChI is InChI=1S/C15H26N2O/c1-13(2)17(11-12-18)10-9-15(16-3)14-7-5-4-6-8-14/h4-8,13,15-16,18H,9-12H2,1-3H3. The molecule has 1 unspecified atom stereocenters. The minimum absolute atomic E-state index is 0.230. The van der Waals surface area contributed by atoms with Gasteiger partial charge in [-0.15, -0.1) is 0 Å². The Bertz CT molecular complexity index is 314. The molecule has 0 saturated heterocycles. The molecule has 0 saturated carbocycles. The SMILES string of the molecule is CNC(CCN(CCO)C(C)C)c1ccccc1. The molecule has 0 spiro atoms. The summed E-state index contributed by atoms with van der Waals surface area (Å²) in [5, 5.41) is 12.4. The Morgan fingerprint density at radius 1 is 1.17 bits per heavy atom. The van der Waals surface area contributed by atoms with E-state index in [1.807, 2.05) is 13.1 Å². The number of aliphatic hydroxyl groups is 1. The molecule has 102 valence electrons. The average molecular weight is 250 g/mol. The van der Waals surface area contributed by atoms with E-state index in [1.54, 1.807) is 0 Å². The number of nitrogens with one attached hydrogen (secondary N) is 1. The van der Waals surface area contributed by atoms with Crippen molar-refractivity contribution in [1.29, 1.82) is 0 Å². The lowest BCUT2D eigenvalue weighted by molar-refractivity contribution is 0.160. The van der Waals surface area contributed by atoms with Gasteiger partial charge in [-0.3, -0.25) is 4.90 Å². The summed E-state index contributed by atoms with van der Waals surface area (Å²) in [6, 6.07) is 11.4. The van der Waals surface area contributed by atoms with Gasteiger partial charge in [0.25, 0.3) is 0 Å². The Hall–Kier alpha value is -0.900. The molecule has 1 aromatic carbocycles. The molecule has 3 nitrogen and oxygen atoms in total. The molecular weight excluding hydrogens is 224 g/mol. The van der Waals surface area contributed by atoms with Gasteiger partial charge in [0.1, 0.15) is 0 Å². The predicted octanol–water partition coefficient (Wildman–Crippen LogP) is 2.04. The summed E-state index contributed by atoms with van der Waals surface area (Å²) in [4.78, 5) is 2.31. The number of rotatable bonds is 8. The Labute approximate surface area is 111 Å². The normalized spacial score (nSPS) is 13.2. The van der Waals surface area contributed by atoms with Gasteiger partial charge in [0.2, 0.25) is 0 Å². The second-order valence-corrected chi connectivity index (χ2v) is 4.89. The molecule has 18 heavy (non-hydrogen) atoms. The summed E-state index contributed by atoms with van der Waals surface area (Å²) in [6.45, 7) is 6.33. The van der Waals surface area contributed by atoms with Crippen LogP contribution in [0.2, 0.25) is 0 Å². The summed E-state index contributed by atoms with van der Waals surface area (Å²) >= 11 is 0. The molecule has 1 aromatic rings. The Balaban J connectivity index is 2.53. The molecule has 0 aromatic heterocycles. The van der Waals surface area contributed by atoms with Crippen LogP contribution in [0, 0.1) is 0 Å². The molecule has 1 rings (SSSR count). The van der Waals surface area contributed by atoms with Gasteiger partial charge in [-0.05, 0) is 32.9 Å². The highest BCUT2D eigenvalue weighted by Gasteiger charge is 2.13. The van der Waals surface area contributed by atoms with Crippen molar-refractivity contribution in [3.8, 4) is 0 Å². The van der Waals surface area contributed by atoms with E-state index < -0.39 is 0 Å².